The average Bonchev–Trinajstić information content (AvgIpc) is 3.15. The third-order valence-corrected chi connectivity index (χ3v) is 4.92. The average molecular weight is 315 g/mol. The molecule has 3 rings (SSSR count). The maximum absolute atomic E-state index is 12.3. The fourth-order valence-corrected chi connectivity index (χ4v) is 3.73. The molecule has 2 bridgehead atoms. The van der Waals surface area contributed by atoms with Crippen LogP contribution in [0.15, 0.2) is 30.5 Å². The van der Waals surface area contributed by atoms with Gasteiger partial charge in [0.2, 0.25) is 0 Å². The van der Waals surface area contributed by atoms with Crippen LogP contribution < -0.4 is 9.47 Å². The van der Waals surface area contributed by atoms with E-state index in [9.17, 15) is 4.79 Å². The van der Waals surface area contributed by atoms with Crippen LogP contribution >= 0.6 is 0 Å². The Kier molecular flexibility index (Phi) is 4.60. The van der Waals surface area contributed by atoms with Gasteiger partial charge in [0.25, 0.3) is 0 Å². The van der Waals surface area contributed by atoms with Crippen molar-refractivity contribution in [1.82, 2.24) is 4.90 Å². The summed E-state index contributed by atoms with van der Waals surface area (Å²) in [5.74, 6) is 2.84. The Hall–Kier alpha value is -1.97. The summed E-state index contributed by atoms with van der Waals surface area (Å²) in [7, 11) is 5.42. The van der Waals surface area contributed by atoms with Crippen molar-refractivity contribution in [2.75, 3.05) is 21.2 Å². The monoisotopic (exact) mass is 315 g/mol. The standard InChI is InChI=1S/C19H25NO3/c1-20(2)9-8-16(21)14-6-7-17(22-3)19(12-14)23-18-11-13-4-5-15(18)10-13/h6-9,12-13,15,18H,4-5,10-11H2,1-3H3/b9-8+. The number of benzene rings is 1. The van der Waals surface area contributed by atoms with Gasteiger partial charge < -0.3 is 14.4 Å². The Morgan fingerprint density at radius 3 is 2.65 bits per heavy atom. The molecule has 0 aliphatic heterocycles. The number of hydrogen-bond acceptors (Lipinski definition) is 4. The summed E-state index contributed by atoms with van der Waals surface area (Å²) in [6.45, 7) is 0. The Balaban J connectivity index is 1.78. The lowest BCUT2D eigenvalue weighted by atomic mass is 9.97. The van der Waals surface area contributed by atoms with E-state index in [4.69, 9.17) is 9.47 Å². The first-order valence-electron chi connectivity index (χ1n) is 8.30. The molecule has 124 valence electrons. The van der Waals surface area contributed by atoms with Crippen LogP contribution in [0.3, 0.4) is 0 Å². The summed E-state index contributed by atoms with van der Waals surface area (Å²) in [6.07, 6.45) is 8.62. The summed E-state index contributed by atoms with van der Waals surface area (Å²) in [5.41, 5.74) is 0.627. The maximum atomic E-state index is 12.3. The number of allylic oxidation sites excluding steroid dienone is 1. The van der Waals surface area contributed by atoms with E-state index in [2.05, 4.69) is 0 Å². The molecule has 4 nitrogen and oxygen atoms in total. The molecule has 0 saturated heterocycles. The number of fused-ring (bicyclic) bond motifs is 2. The van der Waals surface area contributed by atoms with Gasteiger partial charge in [-0.25, -0.2) is 0 Å². The quantitative estimate of drug-likeness (QED) is 0.595. The minimum Gasteiger partial charge on any atom is -0.493 e. The molecule has 0 aromatic heterocycles. The number of methoxy groups -OCH3 is 1. The molecular formula is C19H25NO3. The van der Waals surface area contributed by atoms with E-state index in [1.807, 2.05) is 31.1 Å². The van der Waals surface area contributed by atoms with Gasteiger partial charge >= 0.3 is 0 Å². The molecule has 2 aliphatic rings. The van der Waals surface area contributed by atoms with Crippen molar-refractivity contribution in [3.05, 3.63) is 36.0 Å². The van der Waals surface area contributed by atoms with Crippen LogP contribution in [0.25, 0.3) is 0 Å². The minimum atomic E-state index is -0.0286. The lowest BCUT2D eigenvalue weighted by molar-refractivity contribution is 0.104. The third-order valence-electron chi connectivity index (χ3n) is 4.92. The van der Waals surface area contributed by atoms with Gasteiger partial charge in [-0.2, -0.15) is 0 Å². The summed E-state index contributed by atoms with van der Waals surface area (Å²) >= 11 is 0. The van der Waals surface area contributed by atoms with Gasteiger partial charge in [0, 0.05) is 31.9 Å². The van der Waals surface area contributed by atoms with Gasteiger partial charge in [-0.05, 0) is 55.7 Å². The summed E-state index contributed by atoms with van der Waals surface area (Å²) < 4.78 is 11.6. The number of rotatable bonds is 6. The fraction of sp³-hybridized carbons (Fsp3) is 0.526. The van der Waals surface area contributed by atoms with E-state index < -0.39 is 0 Å². The maximum Gasteiger partial charge on any atom is 0.187 e. The van der Waals surface area contributed by atoms with Crippen molar-refractivity contribution in [2.45, 2.75) is 31.8 Å². The summed E-state index contributed by atoms with van der Waals surface area (Å²) in [5, 5.41) is 0. The Morgan fingerprint density at radius 2 is 2.04 bits per heavy atom. The van der Waals surface area contributed by atoms with Crippen LogP contribution in [0, 0.1) is 11.8 Å². The highest BCUT2D eigenvalue weighted by molar-refractivity contribution is 6.04. The van der Waals surface area contributed by atoms with Crippen molar-refractivity contribution >= 4 is 5.78 Å². The zero-order chi connectivity index (χ0) is 16.4. The first-order valence-corrected chi connectivity index (χ1v) is 8.30. The molecule has 2 saturated carbocycles. The number of ether oxygens (including phenoxy) is 2. The zero-order valence-corrected chi connectivity index (χ0v) is 14.1. The van der Waals surface area contributed by atoms with Crippen LogP contribution in [-0.2, 0) is 0 Å². The van der Waals surface area contributed by atoms with Crippen LogP contribution in [0.2, 0.25) is 0 Å². The van der Waals surface area contributed by atoms with Gasteiger partial charge in [0.1, 0.15) is 6.10 Å². The topological polar surface area (TPSA) is 38.8 Å². The number of nitrogens with zero attached hydrogens (tertiary/aromatic N) is 1. The van der Waals surface area contributed by atoms with E-state index in [0.717, 1.165) is 12.3 Å². The molecule has 3 unspecified atom stereocenters. The molecule has 0 heterocycles. The van der Waals surface area contributed by atoms with Crippen LogP contribution in [0.1, 0.15) is 36.0 Å². The number of carbonyl (C=O) groups excluding carboxylic acids is 1. The minimum absolute atomic E-state index is 0.0286. The lowest BCUT2D eigenvalue weighted by Gasteiger charge is -2.24. The van der Waals surface area contributed by atoms with Gasteiger partial charge in [-0.3, -0.25) is 4.79 Å². The smallest absolute Gasteiger partial charge is 0.187 e. The Bertz CT molecular complexity index is 609. The Labute approximate surface area is 138 Å². The molecule has 0 spiro atoms. The highest BCUT2D eigenvalue weighted by atomic mass is 16.5. The molecule has 0 amide bonds. The van der Waals surface area contributed by atoms with E-state index in [-0.39, 0.29) is 11.9 Å². The molecular weight excluding hydrogens is 290 g/mol. The van der Waals surface area contributed by atoms with Crippen molar-refractivity contribution in [2.24, 2.45) is 11.8 Å². The predicted molar refractivity (Wildman–Crippen MR) is 90.0 cm³/mol. The second kappa shape index (κ2) is 6.65. The van der Waals surface area contributed by atoms with Crippen molar-refractivity contribution in [3.63, 3.8) is 0 Å². The van der Waals surface area contributed by atoms with Gasteiger partial charge in [0.15, 0.2) is 17.3 Å². The molecule has 2 aliphatic carbocycles. The normalized spacial score (nSPS) is 25.8. The first-order chi connectivity index (χ1) is 11.1. The molecule has 23 heavy (non-hydrogen) atoms. The highest BCUT2D eigenvalue weighted by Crippen LogP contribution is 2.46. The molecule has 4 heteroatoms. The van der Waals surface area contributed by atoms with Crippen LogP contribution in [-0.4, -0.2) is 38.0 Å². The van der Waals surface area contributed by atoms with Crippen molar-refractivity contribution in [1.29, 1.82) is 0 Å². The van der Waals surface area contributed by atoms with Crippen molar-refractivity contribution in [3.8, 4) is 11.5 Å². The van der Waals surface area contributed by atoms with E-state index >= 15 is 0 Å². The molecule has 0 radical (unpaired) electrons. The largest absolute Gasteiger partial charge is 0.493 e. The molecule has 0 N–H and O–H groups in total. The molecule has 1 aromatic rings. The number of ketones is 1. The third kappa shape index (κ3) is 3.52. The predicted octanol–water partition coefficient (Wildman–Crippen LogP) is 3.52. The summed E-state index contributed by atoms with van der Waals surface area (Å²) in [6, 6.07) is 5.42. The second-order valence-corrected chi connectivity index (χ2v) is 6.84. The molecule has 3 atom stereocenters. The van der Waals surface area contributed by atoms with Gasteiger partial charge in [-0.1, -0.05) is 0 Å². The lowest BCUT2D eigenvalue weighted by Crippen LogP contribution is -2.23. The van der Waals surface area contributed by atoms with Crippen LogP contribution in [0.5, 0.6) is 11.5 Å². The van der Waals surface area contributed by atoms with E-state index in [1.54, 1.807) is 25.5 Å². The second-order valence-electron chi connectivity index (χ2n) is 6.84. The van der Waals surface area contributed by atoms with Crippen molar-refractivity contribution < 1.29 is 14.3 Å². The fourth-order valence-electron chi connectivity index (χ4n) is 3.73. The van der Waals surface area contributed by atoms with E-state index in [0.29, 0.717) is 23.0 Å². The van der Waals surface area contributed by atoms with Gasteiger partial charge in [0.05, 0.1) is 7.11 Å². The molecule has 2 fully saturated rings. The zero-order valence-electron chi connectivity index (χ0n) is 14.1. The molecule has 1 aromatic carbocycles. The van der Waals surface area contributed by atoms with Crippen LogP contribution in [0.4, 0.5) is 0 Å². The number of hydrogen-bond donors (Lipinski definition) is 0. The van der Waals surface area contributed by atoms with E-state index in [1.165, 1.54) is 19.3 Å². The highest BCUT2D eigenvalue weighted by Gasteiger charge is 2.41. The SMILES string of the molecule is COc1ccc(C(=O)/C=C/N(C)C)cc1OC1CC2CCC1C2. The number of carbonyl (C=O) groups is 1. The first kappa shape index (κ1) is 15.9. The summed E-state index contributed by atoms with van der Waals surface area (Å²) in [4.78, 5) is 14.1. The Morgan fingerprint density at radius 1 is 1.22 bits per heavy atom. The van der Waals surface area contributed by atoms with Gasteiger partial charge in [-0.15, -0.1) is 0 Å².